The number of halogens is 1. The van der Waals surface area contributed by atoms with Gasteiger partial charge in [-0.15, -0.1) is 0 Å². The standard InChI is InChI=1S/C11H14BrNO3/c1-16-6-2-5-13-11(15)9-4-3-8(12)7-10(9)14/h3-4,7,14H,2,5-6H2,1H3,(H,13,15). The Labute approximate surface area is 103 Å². The van der Waals surface area contributed by atoms with Gasteiger partial charge < -0.3 is 15.2 Å². The van der Waals surface area contributed by atoms with Crippen molar-refractivity contribution in [2.75, 3.05) is 20.3 Å². The highest BCUT2D eigenvalue weighted by molar-refractivity contribution is 9.10. The fourth-order valence-electron chi connectivity index (χ4n) is 1.21. The fraction of sp³-hybridized carbons (Fsp3) is 0.364. The zero-order valence-corrected chi connectivity index (χ0v) is 10.6. The predicted octanol–water partition coefficient (Wildman–Crippen LogP) is 1.92. The maximum atomic E-state index is 11.6. The number of phenols is 1. The van der Waals surface area contributed by atoms with Crippen molar-refractivity contribution < 1.29 is 14.6 Å². The van der Waals surface area contributed by atoms with Crippen molar-refractivity contribution in [3.63, 3.8) is 0 Å². The highest BCUT2D eigenvalue weighted by atomic mass is 79.9. The quantitative estimate of drug-likeness (QED) is 0.814. The summed E-state index contributed by atoms with van der Waals surface area (Å²) in [5.41, 5.74) is 0.278. The molecule has 2 N–H and O–H groups in total. The zero-order chi connectivity index (χ0) is 12.0. The van der Waals surface area contributed by atoms with Gasteiger partial charge in [0.25, 0.3) is 5.91 Å². The summed E-state index contributed by atoms with van der Waals surface area (Å²) in [6.45, 7) is 1.13. The Kier molecular flexibility index (Phi) is 5.28. The molecule has 5 heteroatoms. The summed E-state index contributed by atoms with van der Waals surface area (Å²) in [5.74, 6) is -0.306. The Morgan fingerprint density at radius 2 is 2.31 bits per heavy atom. The van der Waals surface area contributed by atoms with Gasteiger partial charge in [-0.3, -0.25) is 4.79 Å². The van der Waals surface area contributed by atoms with Crippen LogP contribution in [0.15, 0.2) is 22.7 Å². The molecule has 0 atom stereocenters. The van der Waals surface area contributed by atoms with Gasteiger partial charge in [-0.1, -0.05) is 15.9 Å². The molecule has 88 valence electrons. The number of ether oxygens (including phenoxy) is 1. The van der Waals surface area contributed by atoms with Crippen molar-refractivity contribution in [2.24, 2.45) is 0 Å². The number of amides is 1. The first-order valence-electron chi connectivity index (χ1n) is 4.91. The maximum absolute atomic E-state index is 11.6. The first-order chi connectivity index (χ1) is 7.65. The number of aromatic hydroxyl groups is 1. The molecule has 1 aromatic carbocycles. The van der Waals surface area contributed by atoms with Crippen LogP contribution in [0.25, 0.3) is 0 Å². The number of carbonyl (C=O) groups excluding carboxylic acids is 1. The van der Waals surface area contributed by atoms with E-state index < -0.39 is 0 Å². The van der Waals surface area contributed by atoms with Crippen LogP contribution in [0.2, 0.25) is 0 Å². The van der Waals surface area contributed by atoms with Crippen LogP contribution in [-0.4, -0.2) is 31.3 Å². The van der Waals surface area contributed by atoms with E-state index in [9.17, 15) is 9.90 Å². The molecule has 1 aromatic rings. The van der Waals surface area contributed by atoms with Crippen molar-refractivity contribution >= 4 is 21.8 Å². The lowest BCUT2D eigenvalue weighted by Crippen LogP contribution is -2.25. The third-order valence-electron chi connectivity index (χ3n) is 2.02. The Morgan fingerprint density at radius 1 is 1.56 bits per heavy atom. The van der Waals surface area contributed by atoms with E-state index in [4.69, 9.17) is 4.74 Å². The number of hydrogen-bond donors (Lipinski definition) is 2. The van der Waals surface area contributed by atoms with Gasteiger partial charge >= 0.3 is 0 Å². The highest BCUT2D eigenvalue weighted by Crippen LogP contribution is 2.21. The molecular weight excluding hydrogens is 274 g/mol. The maximum Gasteiger partial charge on any atom is 0.255 e. The Bertz CT molecular complexity index is 368. The minimum atomic E-state index is -0.277. The van der Waals surface area contributed by atoms with Gasteiger partial charge in [0, 0.05) is 24.7 Å². The van der Waals surface area contributed by atoms with Gasteiger partial charge in [0.05, 0.1) is 5.56 Å². The molecule has 0 saturated heterocycles. The van der Waals surface area contributed by atoms with E-state index in [1.807, 2.05) is 0 Å². The normalized spacial score (nSPS) is 10.1. The minimum Gasteiger partial charge on any atom is -0.507 e. The van der Waals surface area contributed by atoms with E-state index in [0.717, 1.165) is 10.9 Å². The monoisotopic (exact) mass is 287 g/mol. The van der Waals surface area contributed by atoms with E-state index in [1.54, 1.807) is 19.2 Å². The smallest absolute Gasteiger partial charge is 0.255 e. The second-order valence-corrected chi connectivity index (χ2v) is 4.18. The lowest BCUT2D eigenvalue weighted by Gasteiger charge is -2.06. The minimum absolute atomic E-state index is 0.0291. The average molecular weight is 288 g/mol. The van der Waals surface area contributed by atoms with Crippen molar-refractivity contribution in [2.45, 2.75) is 6.42 Å². The van der Waals surface area contributed by atoms with Crippen molar-refractivity contribution in [1.82, 2.24) is 5.32 Å². The first-order valence-corrected chi connectivity index (χ1v) is 5.70. The molecular formula is C11H14BrNO3. The first kappa shape index (κ1) is 13.0. The fourth-order valence-corrected chi connectivity index (χ4v) is 1.56. The molecule has 0 fully saturated rings. The van der Waals surface area contributed by atoms with Gasteiger partial charge in [-0.05, 0) is 24.6 Å². The summed E-state index contributed by atoms with van der Waals surface area (Å²) in [4.78, 5) is 11.6. The van der Waals surface area contributed by atoms with Gasteiger partial charge in [0.15, 0.2) is 0 Å². The summed E-state index contributed by atoms with van der Waals surface area (Å²) >= 11 is 3.21. The van der Waals surface area contributed by atoms with Crippen LogP contribution in [0.4, 0.5) is 0 Å². The predicted molar refractivity (Wildman–Crippen MR) is 64.6 cm³/mol. The van der Waals surface area contributed by atoms with E-state index in [2.05, 4.69) is 21.2 Å². The van der Waals surface area contributed by atoms with E-state index in [1.165, 1.54) is 6.07 Å². The molecule has 1 amide bonds. The molecule has 0 heterocycles. The highest BCUT2D eigenvalue weighted by Gasteiger charge is 2.10. The molecule has 0 bridgehead atoms. The molecule has 0 aromatic heterocycles. The molecule has 0 radical (unpaired) electrons. The lowest BCUT2D eigenvalue weighted by molar-refractivity contribution is 0.0946. The summed E-state index contributed by atoms with van der Waals surface area (Å²) in [6.07, 6.45) is 0.750. The van der Waals surface area contributed by atoms with Gasteiger partial charge in [-0.2, -0.15) is 0 Å². The molecule has 4 nitrogen and oxygen atoms in total. The Balaban J connectivity index is 2.53. The van der Waals surface area contributed by atoms with Crippen molar-refractivity contribution in [3.8, 4) is 5.75 Å². The van der Waals surface area contributed by atoms with E-state index in [0.29, 0.717) is 13.2 Å². The van der Waals surface area contributed by atoms with Gasteiger partial charge in [0.1, 0.15) is 5.75 Å². The number of carbonyl (C=O) groups is 1. The number of hydrogen-bond acceptors (Lipinski definition) is 3. The van der Waals surface area contributed by atoms with Gasteiger partial charge in [0.2, 0.25) is 0 Å². The molecule has 16 heavy (non-hydrogen) atoms. The SMILES string of the molecule is COCCCNC(=O)c1ccc(Br)cc1O. The summed E-state index contributed by atoms with van der Waals surface area (Å²) in [5, 5.41) is 12.2. The number of nitrogens with one attached hydrogen (secondary N) is 1. The largest absolute Gasteiger partial charge is 0.507 e. The molecule has 1 rings (SSSR count). The number of phenolic OH excluding ortho intramolecular Hbond substituents is 1. The Morgan fingerprint density at radius 3 is 2.94 bits per heavy atom. The van der Waals surface area contributed by atoms with Crippen molar-refractivity contribution in [1.29, 1.82) is 0 Å². The van der Waals surface area contributed by atoms with E-state index in [-0.39, 0.29) is 17.2 Å². The Hall–Kier alpha value is -1.07. The lowest BCUT2D eigenvalue weighted by atomic mass is 10.2. The number of methoxy groups -OCH3 is 1. The third kappa shape index (κ3) is 3.83. The zero-order valence-electron chi connectivity index (χ0n) is 9.00. The second kappa shape index (κ2) is 6.50. The third-order valence-corrected chi connectivity index (χ3v) is 2.51. The van der Waals surface area contributed by atoms with Crippen LogP contribution >= 0.6 is 15.9 Å². The number of rotatable bonds is 5. The average Bonchev–Trinajstić information content (AvgIpc) is 2.24. The van der Waals surface area contributed by atoms with Crippen LogP contribution in [0.3, 0.4) is 0 Å². The van der Waals surface area contributed by atoms with Crippen LogP contribution in [0, 0.1) is 0 Å². The molecule has 0 unspecified atom stereocenters. The second-order valence-electron chi connectivity index (χ2n) is 3.26. The molecule has 0 spiro atoms. The topological polar surface area (TPSA) is 58.6 Å². The molecule has 0 aliphatic rings. The summed E-state index contributed by atoms with van der Waals surface area (Å²) in [6, 6.07) is 4.78. The van der Waals surface area contributed by atoms with Crippen LogP contribution in [0.1, 0.15) is 16.8 Å². The molecule has 0 aliphatic heterocycles. The summed E-state index contributed by atoms with van der Waals surface area (Å²) < 4.78 is 5.60. The van der Waals surface area contributed by atoms with Crippen LogP contribution in [-0.2, 0) is 4.74 Å². The summed E-state index contributed by atoms with van der Waals surface area (Å²) in [7, 11) is 1.61. The van der Waals surface area contributed by atoms with E-state index >= 15 is 0 Å². The van der Waals surface area contributed by atoms with Crippen LogP contribution in [0.5, 0.6) is 5.75 Å². The van der Waals surface area contributed by atoms with Gasteiger partial charge in [-0.25, -0.2) is 0 Å². The van der Waals surface area contributed by atoms with Crippen molar-refractivity contribution in [3.05, 3.63) is 28.2 Å². The molecule has 0 aliphatic carbocycles. The van der Waals surface area contributed by atoms with Crippen LogP contribution < -0.4 is 5.32 Å². The molecule has 0 saturated carbocycles. The number of benzene rings is 1.